The first-order valence-corrected chi connectivity index (χ1v) is 8.07. The predicted molar refractivity (Wildman–Crippen MR) is 87.8 cm³/mol. The van der Waals surface area contributed by atoms with Crippen molar-refractivity contribution >= 4 is 35.1 Å². The molecule has 2 N–H and O–H groups in total. The van der Waals surface area contributed by atoms with Crippen LogP contribution >= 0.6 is 11.6 Å². The average Bonchev–Trinajstić information content (AvgIpc) is 2.77. The Morgan fingerprint density at radius 2 is 2.08 bits per heavy atom. The minimum Gasteiger partial charge on any atom is -0.381 e. The standard InChI is InChI=1S/C16H18ClN3O4/c1-10-11(17)3-2-4-12(10)18-13(21)9-20-14(22)16(19-15(20)23)5-7-24-8-6-16/h2-4H,5-9H2,1H3,(H,18,21)(H,19,23). The predicted octanol–water partition coefficient (Wildman–Crippen LogP) is 1.69. The number of hydrogen-bond donors (Lipinski definition) is 2. The van der Waals surface area contributed by atoms with E-state index in [1.807, 2.05) is 0 Å². The van der Waals surface area contributed by atoms with Gasteiger partial charge in [-0.1, -0.05) is 17.7 Å². The zero-order valence-electron chi connectivity index (χ0n) is 13.2. The lowest BCUT2D eigenvalue weighted by Crippen LogP contribution is -2.51. The molecule has 0 unspecified atom stereocenters. The van der Waals surface area contributed by atoms with Gasteiger partial charge < -0.3 is 15.4 Å². The summed E-state index contributed by atoms with van der Waals surface area (Å²) < 4.78 is 5.25. The molecule has 8 heteroatoms. The average molecular weight is 352 g/mol. The van der Waals surface area contributed by atoms with Crippen molar-refractivity contribution in [2.75, 3.05) is 25.1 Å². The van der Waals surface area contributed by atoms with E-state index < -0.39 is 17.5 Å². The molecule has 3 rings (SSSR count). The third-order valence-corrected chi connectivity index (χ3v) is 4.85. The summed E-state index contributed by atoms with van der Waals surface area (Å²) in [6.45, 7) is 2.27. The van der Waals surface area contributed by atoms with Crippen LogP contribution in [-0.4, -0.2) is 48.0 Å². The van der Waals surface area contributed by atoms with Gasteiger partial charge in [-0.25, -0.2) is 4.79 Å². The molecule has 4 amide bonds. The molecular weight excluding hydrogens is 334 g/mol. The van der Waals surface area contributed by atoms with Gasteiger partial charge in [0, 0.05) is 36.8 Å². The molecule has 0 saturated carbocycles. The van der Waals surface area contributed by atoms with Crippen molar-refractivity contribution in [1.82, 2.24) is 10.2 Å². The minimum absolute atomic E-state index is 0.334. The summed E-state index contributed by atoms with van der Waals surface area (Å²) in [6.07, 6.45) is 0.839. The van der Waals surface area contributed by atoms with Crippen molar-refractivity contribution in [3.05, 3.63) is 28.8 Å². The molecule has 24 heavy (non-hydrogen) atoms. The second-order valence-corrected chi connectivity index (χ2v) is 6.38. The van der Waals surface area contributed by atoms with Gasteiger partial charge >= 0.3 is 6.03 Å². The van der Waals surface area contributed by atoms with Crippen LogP contribution in [0.4, 0.5) is 10.5 Å². The summed E-state index contributed by atoms with van der Waals surface area (Å²) in [7, 11) is 0. The van der Waals surface area contributed by atoms with E-state index in [0.717, 1.165) is 10.5 Å². The number of rotatable bonds is 3. The number of carbonyl (C=O) groups is 3. The van der Waals surface area contributed by atoms with Crippen LogP contribution in [0.25, 0.3) is 0 Å². The van der Waals surface area contributed by atoms with Gasteiger partial charge in [-0.05, 0) is 24.6 Å². The molecule has 2 aliphatic heterocycles. The Labute approximate surface area is 144 Å². The second-order valence-electron chi connectivity index (χ2n) is 5.98. The molecule has 0 aromatic heterocycles. The van der Waals surface area contributed by atoms with E-state index in [-0.39, 0.29) is 12.5 Å². The van der Waals surface area contributed by atoms with Crippen LogP contribution in [0.3, 0.4) is 0 Å². The van der Waals surface area contributed by atoms with Crippen molar-refractivity contribution < 1.29 is 19.1 Å². The highest BCUT2D eigenvalue weighted by molar-refractivity contribution is 6.31. The zero-order chi connectivity index (χ0) is 17.3. The number of urea groups is 1. The van der Waals surface area contributed by atoms with Crippen LogP contribution in [0.1, 0.15) is 18.4 Å². The van der Waals surface area contributed by atoms with Crippen LogP contribution in [-0.2, 0) is 14.3 Å². The van der Waals surface area contributed by atoms with Gasteiger partial charge in [0.05, 0.1) is 0 Å². The Kier molecular flexibility index (Phi) is 4.47. The molecule has 1 aromatic rings. The van der Waals surface area contributed by atoms with E-state index in [9.17, 15) is 14.4 Å². The molecule has 0 bridgehead atoms. The highest BCUT2D eigenvalue weighted by Gasteiger charge is 2.52. The zero-order valence-corrected chi connectivity index (χ0v) is 14.0. The summed E-state index contributed by atoms with van der Waals surface area (Å²) in [4.78, 5) is 37.9. The summed E-state index contributed by atoms with van der Waals surface area (Å²) in [5, 5.41) is 5.94. The van der Waals surface area contributed by atoms with Crippen molar-refractivity contribution in [3.63, 3.8) is 0 Å². The molecule has 0 radical (unpaired) electrons. The van der Waals surface area contributed by atoms with Crippen LogP contribution in [0.2, 0.25) is 5.02 Å². The first kappa shape index (κ1) is 16.7. The number of imide groups is 1. The van der Waals surface area contributed by atoms with Gasteiger partial charge in [-0.2, -0.15) is 0 Å². The lowest BCUT2D eigenvalue weighted by atomic mass is 9.90. The maximum absolute atomic E-state index is 12.6. The van der Waals surface area contributed by atoms with E-state index in [2.05, 4.69) is 10.6 Å². The molecular formula is C16H18ClN3O4. The molecule has 0 atom stereocenters. The van der Waals surface area contributed by atoms with Crippen molar-refractivity contribution in [1.29, 1.82) is 0 Å². The highest BCUT2D eigenvalue weighted by Crippen LogP contribution is 2.28. The smallest absolute Gasteiger partial charge is 0.325 e. The number of ether oxygens (including phenoxy) is 1. The highest BCUT2D eigenvalue weighted by atomic mass is 35.5. The fourth-order valence-electron chi connectivity index (χ4n) is 2.95. The fraction of sp³-hybridized carbons (Fsp3) is 0.438. The normalized spacial score (nSPS) is 19.5. The van der Waals surface area contributed by atoms with Crippen LogP contribution in [0.5, 0.6) is 0 Å². The molecule has 1 aromatic carbocycles. The van der Waals surface area contributed by atoms with Gasteiger partial charge in [-0.15, -0.1) is 0 Å². The molecule has 2 fully saturated rings. The van der Waals surface area contributed by atoms with Gasteiger partial charge in [0.1, 0.15) is 12.1 Å². The fourth-order valence-corrected chi connectivity index (χ4v) is 3.13. The Morgan fingerprint density at radius 3 is 2.79 bits per heavy atom. The van der Waals surface area contributed by atoms with Crippen molar-refractivity contribution in [3.8, 4) is 0 Å². The molecule has 128 valence electrons. The van der Waals surface area contributed by atoms with Gasteiger partial charge in [0.15, 0.2) is 0 Å². The second kappa shape index (κ2) is 6.41. The summed E-state index contributed by atoms with van der Waals surface area (Å²) >= 11 is 6.02. The maximum atomic E-state index is 12.6. The van der Waals surface area contributed by atoms with E-state index >= 15 is 0 Å². The van der Waals surface area contributed by atoms with Crippen LogP contribution in [0.15, 0.2) is 18.2 Å². The molecule has 1 spiro atoms. The largest absolute Gasteiger partial charge is 0.381 e. The number of nitrogens with zero attached hydrogens (tertiary/aromatic N) is 1. The van der Waals surface area contributed by atoms with E-state index in [1.165, 1.54) is 0 Å². The third-order valence-electron chi connectivity index (χ3n) is 4.44. The summed E-state index contributed by atoms with van der Waals surface area (Å²) in [5.41, 5.74) is 0.354. The summed E-state index contributed by atoms with van der Waals surface area (Å²) in [5.74, 6) is -0.818. The number of anilines is 1. The van der Waals surface area contributed by atoms with Gasteiger partial charge in [0.2, 0.25) is 5.91 Å². The Hall–Kier alpha value is -2.12. The number of carbonyl (C=O) groups excluding carboxylic acids is 3. The Morgan fingerprint density at radius 1 is 1.38 bits per heavy atom. The lowest BCUT2D eigenvalue weighted by molar-refractivity contribution is -0.136. The summed E-state index contributed by atoms with van der Waals surface area (Å²) in [6, 6.07) is 4.61. The quantitative estimate of drug-likeness (QED) is 0.811. The Balaban J connectivity index is 1.69. The van der Waals surface area contributed by atoms with Crippen LogP contribution in [0, 0.1) is 6.92 Å². The lowest BCUT2D eigenvalue weighted by Gasteiger charge is -2.30. The first-order chi connectivity index (χ1) is 11.4. The monoisotopic (exact) mass is 351 g/mol. The molecule has 2 saturated heterocycles. The van der Waals surface area contributed by atoms with Crippen molar-refractivity contribution in [2.45, 2.75) is 25.3 Å². The number of hydrogen-bond acceptors (Lipinski definition) is 4. The van der Waals surface area contributed by atoms with Crippen LogP contribution < -0.4 is 10.6 Å². The third kappa shape index (κ3) is 2.97. The maximum Gasteiger partial charge on any atom is 0.325 e. The molecule has 2 aliphatic rings. The number of halogens is 1. The van der Waals surface area contributed by atoms with Gasteiger partial charge in [0.25, 0.3) is 5.91 Å². The van der Waals surface area contributed by atoms with E-state index in [0.29, 0.717) is 36.8 Å². The number of benzene rings is 1. The van der Waals surface area contributed by atoms with Gasteiger partial charge in [-0.3, -0.25) is 14.5 Å². The van der Waals surface area contributed by atoms with E-state index in [1.54, 1.807) is 25.1 Å². The number of amides is 4. The van der Waals surface area contributed by atoms with Crippen molar-refractivity contribution in [2.24, 2.45) is 0 Å². The first-order valence-electron chi connectivity index (χ1n) is 7.70. The molecule has 7 nitrogen and oxygen atoms in total. The molecule has 0 aliphatic carbocycles. The SMILES string of the molecule is Cc1c(Cl)cccc1NC(=O)CN1C(=O)NC2(CCOCC2)C1=O. The minimum atomic E-state index is -0.929. The molecule has 2 heterocycles. The number of nitrogens with one attached hydrogen (secondary N) is 2. The Bertz CT molecular complexity index is 701. The topological polar surface area (TPSA) is 87.7 Å². The van der Waals surface area contributed by atoms with E-state index in [4.69, 9.17) is 16.3 Å².